The summed E-state index contributed by atoms with van der Waals surface area (Å²) in [5.74, 6) is 0.938. The van der Waals surface area contributed by atoms with E-state index >= 15 is 0 Å². The number of anilines is 2. The van der Waals surface area contributed by atoms with Crippen LogP contribution in [0, 0.1) is 25.2 Å². The van der Waals surface area contributed by atoms with Crippen molar-refractivity contribution in [2.75, 3.05) is 11.1 Å². The topological polar surface area (TPSA) is 135 Å². The normalized spacial score (nSPS) is 11.8. The molecule has 3 aromatic heterocycles. The quantitative estimate of drug-likeness (QED) is 0.477. The zero-order valence-corrected chi connectivity index (χ0v) is 17.3. The lowest BCUT2D eigenvalue weighted by Crippen LogP contribution is -2.16. The van der Waals surface area contributed by atoms with Crippen LogP contribution in [-0.2, 0) is 0 Å². The third-order valence-corrected chi connectivity index (χ3v) is 5.12. The van der Waals surface area contributed by atoms with Crippen LogP contribution < -0.4 is 11.1 Å². The molecule has 31 heavy (non-hydrogen) atoms. The van der Waals surface area contributed by atoms with E-state index in [0.717, 1.165) is 34.2 Å². The highest BCUT2D eigenvalue weighted by Crippen LogP contribution is 2.28. The Bertz CT molecular complexity index is 1330. The second kappa shape index (κ2) is 7.84. The molecule has 0 unspecified atom stereocenters. The van der Waals surface area contributed by atoms with Crippen LogP contribution in [0.15, 0.2) is 36.8 Å². The highest BCUT2D eigenvalue weighted by molar-refractivity contribution is 5.84. The second-order valence-electron chi connectivity index (χ2n) is 7.26. The third kappa shape index (κ3) is 3.55. The largest absolute Gasteiger partial charge is 0.382 e. The van der Waals surface area contributed by atoms with Gasteiger partial charge in [0, 0.05) is 17.3 Å². The van der Waals surface area contributed by atoms with E-state index in [1.165, 1.54) is 6.33 Å². The Morgan fingerprint density at radius 3 is 2.68 bits per heavy atom. The molecule has 0 saturated heterocycles. The van der Waals surface area contributed by atoms with Gasteiger partial charge in [-0.1, -0.05) is 0 Å². The summed E-state index contributed by atoms with van der Waals surface area (Å²) in [6, 6.07) is 9.39. The molecule has 0 aliphatic rings. The van der Waals surface area contributed by atoms with E-state index in [4.69, 9.17) is 10.7 Å². The highest BCUT2D eigenvalue weighted by atomic mass is 16.1. The SMILES string of the molecule is Cc1cc(-c2nc([C@H](C)Nc3ncnc(N)c3C#N)nn3cccc23)cc(C)c1C=O. The number of aromatic nitrogens is 5. The van der Waals surface area contributed by atoms with Crippen molar-refractivity contribution in [3.8, 4) is 17.3 Å². The number of aryl methyl sites for hydroxylation is 2. The van der Waals surface area contributed by atoms with E-state index in [1.54, 1.807) is 4.52 Å². The van der Waals surface area contributed by atoms with Crippen LogP contribution in [-0.4, -0.2) is 30.9 Å². The Balaban J connectivity index is 1.81. The van der Waals surface area contributed by atoms with Crippen LogP contribution in [0.4, 0.5) is 11.6 Å². The highest BCUT2D eigenvalue weighted by Gasteiger charge is 2.18. The molecule has 154 valence electrons. The van der Waals surface area contributed by atoms with Crippen LogP contribution in [0.1, 0.15) is 45.8 Å². The van der Waals surface area contributed by atoms with Crippen molar-refractivity contribution in [1.82, 2.24) is 24.6 Å². The smallest absolute Gasteiger partial charge is 0.171 e. The first-order chi connectivity index (χ1) is 14.9. The lowest BCUT2D eigenvalue weighted by molar-refractivity contribution is 0.112. The fourth-order valence-corrected chi connectivity index (χ4v) is 3.53. The van der Waals surface area contributed by atoms with Crippen molar-refractivity contribution < 1.29 is 4.79 Å². The summed E-state index contributed by atoms with van der Waals surface area (Å²) in [6.45, 7) is 5.69. The monoisotopic (exact) mass is 412 g/mol. The minimum atomic E-state index is -0.372. The molecule has 0 bridgehead atoms. The van der Waals surface area contributed by atoms with Crippen LogP contribution in [0.2, 0.25) is 0 Å². The Morgan fingerprint density at radius 1 is 1.26 bits per heavy atom. The van der Waals surface area contributed by atoms with E-state index in [0.29, 0.717) is 17.2 Å². The number of nitrogens with zero attached hydrogens (tertiary/aromatic N) is 6. The predicted octanol–water partition coefficient (Wildman–Crippen LogP) is 3.24. The molecule has 9 nitrogen and oxygen atoms in total. The van der Waals surface area contributed by atoms with E-state index in [-0.39, 0.29) is 17.4 Å². The number of nitriles is 1. The van der Waals surface area contributed by atoms with E-state index in [2.05, 4.69) is 20.4 Å². The molecule has 0 aliphatic heterocycles. The zero-order chi connectivity index (χ0) is 22.1. The van der Waals surface area contributed by atoms with Gasteiger partial charge in [-0.15, -0.1) is 0 Å². The summed E-state index contributed by atoms with van der Waals surface area (Å²) >= 11 is 0. The maximum atomic E-state index is 11.4. The molecular formula is C22H20N8O. The molecule has 0 fully saturated rings. The standard InChI is InChI=1S/C22H20N8O/c1-12-7-15(8-13(2)17(12)10-31)19-18-5-4-6-30(18)29-21(28-19)14(3)27-22-16(9-23)20(24)25-11-26-22/h4-8,10-11,14H,1-3H3,(H3,24,25,26,27)/t14-/m0/s1. The van der Waals surface area contributed by atoms with Crippen LogP contribution in [0.3, 0.4) is 0 Å². The fourth-order valence-electron chi connectivity index (χ4n) is 3.53. The van der Waals surface area contributed by atoms with Gasteiger partial charge in [0.15, 0.2) is 12.1 Å². The number of fused-ring (bicyclic) bond motifs is 1. The van der Waals surface area contributed by atoms with E-state index < -0.39 is 0 Å². The number of hydrogen-bond donors (Lipinski definition) is 2. The lowest BCUT2D eigenvalue weighted by atomic mass is 9.98. The van der Waals surface area contributed by atoms with Gasteiger partial charge in [-0.3, -0.25) is 4.79 Å². The van der Waals surface area contributed by atoms with E-state index in [9.17, 15) is 10.1 Å². The van der Waals surface area contributed by atoms with Crippen molar-refractivity contribution in [2.45, 2.75) is 26.8 Å². The van der Waals surface area contributed by atoms with Crippen LogP contribution in [0.5, 0.6) is 0 Å². The van der Waals surface area contributed by atoms with Gasteiger partial charge in [0.2, 0.25) is 0 Å². The number of nitrogens with one attached hydrogen (secondary N) is 1. The first kappa shape index (κ1) is 20.0. The Kier molecular flexibility index (Phi) is 5.05. The number of carbonyl (C=O) groups is 1. The summed E-state index contributed by atoms with van der Waals surface area (Å²) in [5.41, 5.74) is 10.9. The summed E-state index contributed by atoms with van der Waals surface area (Å²) in [7, 11) is 0. The van der Waals surface area contributed by atoms with Crippen molar-refractivity contribution >= 4 is 23.4 Å². The van der Waals surface area contributed by atoms with Gasteiger partial charge in [0.05, 0.1) is 17.3 Å². The minimum Gasteiger partial charge on any atom is -0.382 e. The molecule has 3 heterocycles. The molecule has 1 aromatic carbocycles. The van der Waals surface area contributed by atoms with Crippen LogP contribution in [0.25, 0.3) is 16.8 Å². The van der Waals surface area contributed by atoms with Crippen molar-refractivity contribution in [3.05, 3.63) is 64.9 Å². The minimum absolute atomic E-state index is 0.107. The van der Waals surface area contributed by atoms with Gasteiger partial charge in [-0.05, 0) is 56.2 Å². The van der Waals surface area contributed by atoms with Crippen LogP contribution >= 0.6 is 0 Å². The number of aldehydes is 1. The molecule has 3 N–H and O–H groups in total. The third-order valence-electron chi connectivity index (χ3n) is 5.12. The molecule has 0 spiro atoms. The van der Waals surface area contributed by atoms with Crippen molar-refractivity contribution in [2.24, 2.45) is 0 Å². The van der Waals surface area contributed by atoms with Crippen molar-refractivity contribution in [1.29, 1.82) is 5.26 Å². The molecular weight excluding hydrogens is 392 g/mol. The molecule has 0 saturated carbocycles. The number of rotatable bonds is 5. The second-order valence-corrected chi connectivity index (χ2v) is 7.26. The maximum absolute atomic E-state index is 11.4. The first-order valence-corrected chi connectivity index (χ1v) is 9.62. The average Bonchev–Trinajstić information content (AvgIpc) is 3.21. The van der Waals surface area contributed by atoms with Gasteiger partial charge in [-0.25, -0.2) is 19.5 Å². The number of hydrogen-bond acceptors (Lipinski definition) is 8. The average molecular weight is 412 g/mol. The lowest BCUT2D eigenvalue weighted by Gasteiger charge is -2.16. The Morgan fingerprint density at radius 2 is 2.00 bits per heavy atom. The summed E-state index contributed by atoms with van der Waals surface area (Å²) in [6.07, 6.45) is 4.02. The van der Waals surface area contributed by atoms with Gasteiger partial charge in [-0.2, -0.15) is 10.4 Å². The maximum Gasteiger partial charge on any atom is 0.171 e. The summed E-state index contributed by atoms with van der Waals surface area (Å²) in [4.78, 5) is 24.2. The van der Waals surface area contributed by atoms with Gasteiger partial charge >= 0.3 is 0 Å². The zero-order valence-electron chi connectivity index (χ0n) is 17.3. The van der Waals surface area contributed by atoms with Gasteiger partial charge < -0.3 is 11.1 Å². The summed E-state index contributed by atoms with van der Waals surface area (Å²) < 4.78 is 1.76. The molecule has 9 heteroatoms. The van der Waals surface area contributed by atoms with Crippen molar-refractivity contribution in [3.63, 3.8) is 0 Å². The molecule has 0 amide bonds. The number of benzene rings is 1. The van der Waals surface area contributed by atoms with Gasteiger partial charge in [0.25, 0.3) is 0 Å². The van der Waals surface area contributed by atoms with E-state index in [1.807, 2.05) is 57.3 Å². The molecule has 4 aromatic rings. The summed E-state index contributed by atoms with van der Waals surface area (Å²) in [5, 5.41) is 17.1. The Labute approximate surface area is 178 Å². The number of nitrogens with two attached hydrogens (primary N) is 1. The predicted molar refractivity (Wildman–Crippen MR) is 116 cm³/mol. The van der Waals surface area contributed by atoms with Gasteiger partial charge in [0.1, 0.15) is 29.6 Å². The number of carbonyl (C=O) groups excluding carboxylic acids is 1. The fraction of sp³-hybridized carbons (Fsp3) is 0.182. The Hall–Kier alpha value is -4.32. The molecule has 4 rings (SSSR count). The molecule has 0 radical (unpaired) electrons. The first-order valence-electron chi connectivity index (χ1n) is 9.62. The molecule has 1 atom stereocenters. The molecule has 0 aliphatic carbocycles. The number of nitrogen functional groups attached to an aromatic ring is 1.